The minimum atomic E-state index is -2.61. The van der Waals surface area contributed by atoms with E-state index >= 15 is 0 Å². The van der Waals surface area contributed by atoms with Crippen molar-refractivity contribution in [2.75, 3.05) is 0 Å². The number of halogens is 5. The molecule has 2 aliphatic carbocycles. The molecule has 2 aliphatic rings. The Morgan fingerprint density at radius 1 is 0.778 bits per heavy atom. The van der Waals surface area contributed by atoms with Gasteiger partial charge in [-0.15, -0.1) is 0 Å². The van der Waals surface area contributed by atoms with Crippen LogP contribution >= 0.6 is 11.6 Å². The number of rotatable bonds is 8. The largest absolute Gasteiger partial charge is 0.441 e. The Morgan fingerprint density at radius 3 is 1.91 bits per heavy atom. The molecule has 0 aliphatic heterocycles. The van der Waals surface area contributed by atoms with E-state index in [-0.39, 0.29) is 41.7 Å². The third kappa shape index (κ3) is 8.74. The van der Waals surface area contributed by atoms with E-state index in [1.807, 2.05) is 0 Å². The maximum atomic E-state index is 13.9. The van der Waals surface area contributed by atoms with Gasteiger partial charge in [0.05, 0.1) is 13.1 Å². The second kappa shape index (κ2) is 14.6. The maximum Gasteiger partial charge on any atom is 0.441 e. The zero-order valence-electron chi connectivity index (χ0n) is 24.7. The molecule has 0 atom stereocenters. The standard InChI is InChI=1S/C16H16ClF3N2O2.C16H19FN2O2/c17-12-2-1-3-13(18)11(12)9-22-14(21-24-15(22)23)8-10-4-6-16(19,20)7-5-10;17-14-8-6-13(7-9-14)11-19-15(18-21-16(19)20)10-12-4-2-1-3-5-12/h1-3,10H,4-9H2;6-9,12H,1-5,10-11H2. The first kappa shape index (κ1) is 32.7. The molecule has 2 heterocycles. The van der Waals surface area contributed by atoms with E-state index in [2.05, 4.69) is 14.8 Å². The summed E-state index contributed by atoms with van der Waals surface area (Å²) in [6.45, 7) is 0.275. The molecule has 0 N–H and O–H groups in total. The Bertz CT molecular complexity index is 1650. The summed E-state index contributed by atoms with van der Waals surface area (Å²) in [5.74, 6) is -2.96. The van der Waals surface area contributed by atoms with E-state index in [4.69, 9.17) is 16.1 Å². The zero-order chi connectivity index (χ0) is 32.0. The molecule has 0 amide bonds. The first-order chi connectivity index (χ1) is 21.6. The van der Waals surface area contributed by atoms with Crippen LogP contribution in [0.2, 0.25) is 5.02 Å². The average Bonchev–Trinajstić information content (AvgIpc) is 3.54. The summed E-state index contributed by atoms with van der Waals surface area (Å²) in [5.41, 5.74) is 1.03. The van der Waals surface area contributed by atoms with E-state index in [0.717, 1.165) is 12.0 Å². The second-order valence-corrected chi connectivity index (χ2v) is 12.3. The lowest BCUT2D eigenvalue weighted by Gasteiger charge is -2.27. The van der Waals surface area contributed by atoms with Gasteiger partial charge in [0.2, 0.25) is 5.92 Å². The van der Waals surface area contributed by atoms with E-state index in [0.29, 0.717) is 43.4 Å². The van der Waals surface area contributed by atoms with Crippen molar-refractivity contribution in [1.82, 2.24) is 19.4 Å². The van der Waals surface area contributed by atoms with Crippen molar-refractivity contribution >= 4 is 11.6 Å². The van der Waals surface area contributed by atoms with E-state index in [1.54, 1.807) is 16.7 Å². The van der Waals surface area contributed by atoms with Gasteiger partial charge in [0.15, 0.2) is 11.6 Å². The van der Waals surface area contributed by atoms with Crippen LogP contribution in [0.1, 0.15) is 80.6 Å². The molecule has 45 heavy (non-hydrogen) atoms. The van der Waals surface area contributed by atoms with Gasteiger partial charge in [-0.2, -0.15) is 0 Å². The summed E-state index contributed by atoms with van der Waals surface area (Å²) in [5, 5.41) is 7.85. The molecule has 13 heteroatoms. The molecule has 0 saturated heterocycles. The SMILES string of the molecule is O=c1onc(CC2CCC(F)(F)CC2)n1Cc1c(F)cccc1Cl.O=c1onc(CC2CCCCC2)n1Cc1ccc(F)cc1. The number of nitrogens with zero attached hydrogens (tertiary/aromatic N) is 4. The predicted molar refractivity (Wildman–Crippen MR) is 158 cm³/mol. The smallest absolute Gasteiger partial charge is 0.296 e. The fourth-order valence-corrected chi connectivity index (χ4v) is 6.25. The van der Waals surface area contributed by atoms with Crippen LogP contribution in [0, 0.1) is 23.5 Å². The molecule has 0 radical (unpaired) electrons. The summed E-state index contributed by atoms with van der Waals surface area (Å²) in [7, 11) is 0. The second-order valence-electron chi connectivity index (χ2n) is 11.9. The monoisotopic (exact) mass is 650 g/mol. The fourth-order valence-electron chi connectivity index (χ4n) is 6.02. The summed E-state index contributed by atoms with van der Waals surface area (Å²) in [6, 6.07) is 10.4. The Labute approximate surface area is 262 Å². The van der Waals surface area contributed by atoms with Crippen molar-refractivity contribution in [3.63, 3.8) is 0 Å². The molecule has 6 rings (SSSR count). The van der Waals surface area contributed by atoms with Gasteiger partial charge >= 0.3 is 11.5 Å². The molecule has 2 aromatic carbocycles. The Hall–Kier alpha value is -3.67. The van der Waals surface area contributed by atoms with Gasteiger partial charge in [-0.25, -0.2) is 27.2 Å². The third-order valence-corrected chi connectivity index (χ3v) is 9.01. The lowest BCUT2D eigenvalue weighted by molar-refractivity contribution is -0.0459. The molecular weight excluding hydrogens is 616 g/mol. The quantitative estimate of drug-likeness (QED) is 0.187. The fraction of sp³-hybridized carbons (Fsp3) is 0.500. The number of benzene rings is 2. The van der Waals surface area contributed by atoms with Crippen molar-refractivity contribution < 1.29 is 26.6 Å². The van der Waals surface area contributed by atoms with Crippen LogP contribution in [0.3, 0.4) is 0 Å². The predicted octanol–water partition coefficient (Wildman–Crippen LogP) is 7.19. The molecule has 2 fully saturated rings. The highest BCUT2D eigenvalue weighted by Crippen LogP contribution is 2.37. The van der Waals surface area contributed by atoms with Crippen LogP contribution in [0.5, 0.6) is 0 Å². The van der Waals surface area contributed by atoms with Crippen LogP contribution in [0.4, 0.5) is 17.6 Å². The Kier molecular flexibility index (Phi) is 10.6. The average molecular weight is 651 g/mol. The number of hydrogen-bond acceptors (Lipinski definition) is 6. The van der Waals surface area contributed by atoms with Gasteiger partial charge < -0.3 is 0 Å². The minimum absolute atomic E-state index is 0.00327. The van der Waals surface area contributed by atoms with Gasteiger partial charge in [-0.1, -0.05) is 72.2 Å². The summed E-state index contributed by atoms with van der Waals surface area (Å²) in [6.07, 6.45) is 7.70. The Balaban J connectivity index is 0.000000179. The van der Waals surface area contributed by atoms with E-state index in [9.17, 15) is 27.2 Å². The summed E-state index contributed by atoms with van der Waals surface area (Å²) >= 11 is 5.98. The van der Waals surface area contributed by atoms with Crippen molar-refractivity contribution in [1.29, 1.82) is 0 Å². The Morgan fingerprint density at radius 2 is 1.33 bits per heavy atom. The molecule has 2 saturated carbocycles. The highest BCUT2D eigenvalue weighted by molar-refractivity contribution is 6.31. The minimum Gasteiger partial charge on any atom is -0.296 e. The first-order valence-corrected chi connectivity index (χ1v) is 15.6. The van der Waals surface area contributed by atoms with Gasteiger partial charge in [0, 0.05) is 36.3 Å². The van der Waals surface area contributed by atoms with Gasteiger partial charge in [-0.05, 0) is 54.5 Å². The topological polar surface area (TPSA) is 96.1 Å². The molecule has 0 spiro atoms. The van der Waals surface area contributed by atoms with E-state index in [1.165, 1.54) is 67.0 Å². The first-order valence-electron chi connectivity index (χ1n) is 15.2. The highest BCUT2D eigenvalue weighted by atomic mass is 35.5. The normalized spacial score (nSPS) is 17.2. The van der Waals surface area contributed by atoms with Crippen molar-refractivity contribution in [2.24, 2.45) is 11.8 Å². The maximum absolute atomic E-state index is 13.9. The van der Waals surface area contributed by atoms with Crippen LogP contribution in [0.15, 0.2) is 61.1 Å². The van der Waals surface area contributed by atoms with Crippen LogP contribution in [-0.4, -0.2) is 25.4 Å². The van der Waals surface area contributed by atoms with Crippen molar-refractivity contribution in [3.05, 3.63) is 103 Å². The summed E-state index contributed by atoms with van der Waals surface area (Å²) < 4.78 is 65.6. The molecule has 4 aromatic rings. The molecule has 2 aromatic heterocycles. The third-order valence-electron chi connectivity index (χ3n) is 8.66. The van der Waals surface area contributed by atoms with Gasteiger partial charge in [-0.3, -0.25) is 18.2 Å². The number of aromatic nitrogens is 4. The van der Waals surface area contributed by atoms with Gasteiger partial charge in [0.1, 0.15) is 11.6 Å². The van der Waals surface area contributed by atoms with Crippen LogP contribution in [-0.2, 0) is 25.9 Å². The van der Waals surface area contributed by atoms with Gasteiger partial charge in [0.25, 0.3) is 0 Å². The molecular formula is C32H35ClF4N4O4. The lowest BCUT2D eigenvalue weighted by atomic mass is 9.84. The molecule has 8 nitrogen and oxygen atoms in total. The van der Waals surface area contributed by atoms with Crippen molar-refractivity contribution in [3.8, 4) is 0 Å². The summed E-state index contributed by atoms with van der Waals surface area (Å²) in [4.78, 5) is 23.7. The number of alkyl halides is 2. The zero-order valence-corrected chi connectivity index (χ0v) is 25.5. The van der Waals surface area contributed by atoms with Crippen LogP contribution < -0.4 is 11.5 Å². The van der Waals surface area contributed by atoms with E-state index < -0.39 is 23.3 Å². The molecule has 0 bridgehead atoms. The van der Waals surface area contributed by atoms with Crippen molar-refractivity contribution in [2.45, 2.75) is 89.6 Å². The van der Waals surface area contributed by atoms with Crippen LogP contribution in [0.25, 0.3) is 0 Å². The molecule has 242 valence electrons. The lowest BCUT2D eigenvalue weighted by Crippen LogP contribution is -2.27. The number of hydrogen-bond donors (Lipinski definition) is 0. The highest BCUT2D eigenvalue weighted by Gasteiger charge is 2.35. The molecule has 0 unspecified atom stereocenters.